The second-order valence-electron chi connectivity index (χ2n) is 8.73. The average molecular weight is 468 g/mol. The summed E-state index contributed by atoms with van der Waals surface area (Å²) < 4.78 is 11.7. The van der Waals surface area contributed by atoms with Gasteiger partial charge in [0.05, 0.1) is 13.2 Å². The fraction of sp³-hybridized carbons (Fsp3) is 0.519. The van der Waals surface area contributed by atoms with E-state index in [0.29, 0.717) is 6.61 Å². The summed E-state index contributed by atoms with van der Waals surface area (Å²) >= 11 is 0. The van der Waals surface area contributed by atoms with Crippen LogP contribution in [-0.4, -0.2) is 62.4 Å². The Labute approximate surface area is 204 Å². The third-order valence-electron chi connectivity index (χ3n) is 6.06. The minimum atomic E-state index is 0.636. The van der Waals surface area contributed by atoms with E-state index in [-0.39, 0.29) is 0 Å². The number of morpholine rings is 1. The number of nitrogens with two attached hydrogens (primary N) is 1. The van der Waals surface area contributed by atoms with Gasteiger partial charge >= 0.3 is 0 Å². The number of aromatic nitrogens is 1. The molecule has 1 aromatic carbocycles. The Hall–Kier alpha value is -2.77. The van der Waals surface area contributed by atoms with Gasteiger partial charge in [0.2, 0.25) is 0 Å². The lowest BCUT2D eigenvalue weighted by Gasteiger charge is -2.27. The zero-order valence-corrected chi connectivity index (χ0v) is 21.3. The van der Waals surface area contributed by atoms with Gasteiger partial charge in [0, 0.05) is 61.8 Å². The molecule has 3 rings (SSSR count). The smallest absolute Gasteiger partial charge is 0.136 e. The van der Waals surface area contributed by atoms with E-state index in [0.717, 1.165) is 98.7 Å². The normalized spacial score (nSPS) is 14.8. The summed E-state index contributed by atoms with van der Waals surface area (Å²) in [6, 6.07) is 10.1. The van der Waals surface area contributed by atoms with Crippen molar-refractivity contribution in [3.8, 4) is 5.75 Å². The maximum Gasteiger partial charge on any atom is 0.136 e. The van der Waals surface area contributed by atoms with E-state index in [9.17, 15) is 0 Å². The standard InChI is InChI=1S/C27H41N5O2/c1-5-10-32(11-6-2)27-20-23(34-17-14-31-12-15-33-16-13-31)19-26(30-27)29-22-8-9-25(28)24(18-22)21(4)7-3/h7-9,18-20H,5-6,10-17,28H2,1-4H3,(H,29,30)/b21-7+. The van der Waals surface area contributed by atoms with Crippen molar-refractivity contribution in [2.45, 2.75) is 40.5 Å². The minimum Gasteiger partial charge on any atom is -0.492 e. The summed E-state index contributed by atoms with van der Waals surface area (Å²) in [7, 11) is 0. The number of nitrogen functional groups attached to an aromatic ring is 1. The predicted octanol–water partition coefficient (Wildman–Crippen LogP) is 5.17. The van der Waals surface area contributed by atoms with Crippen molar-refractivity contribution in [3.63, 3.8) is 0 Å². The molecule has 1 aromatic heterocycles. The number of hydrogen-bond donors (Lipinski definition) is 2. The Bertz CT molecular complexity index is 935. The molecule has 0 bridgehead atoms. The molecule has 1 aliphatic rings. The predicted molar refractivity (Wildman–Crippen MR) is 143 cm³/mol. The zero-order chi connectivity index (χ0) is 24.3. The Morgan fingerprint density at radius 3 is 2.59 bits per heavy atom. The van der Waals surface area contributed by atoms with Gasteiger partial charge in [-0.2, -0.15) is 0 Å². The van der Waals surface area contributed by atoms with Crippen LogP contribution in [0.2, 0.25) is 0 Å². The van der Waals surface area contributed by atoms with Gasteiger partial charge < -0.3 is 25.4 Å². The van der Waals surface area contributed by atoms with Gasteiger partial charge in [-0.05, 0) is 50.5 Å². The highest BCUT2D eigenvalue weighted by atomic mass is 16.5. The Morgan fingerprint density at radius 1 is 1.18 bits per heavy atom. The van der Waals surface area contributed by atoms with Gasteiger partial charge in [-0.25, -0.2) is 4.98 Å². The van der Waals surface area contributed by atoms with Crippen LogP contribution >= 0.6 is 0 Å². The molecule has 0 atom stereocenters. The van der Waals surface area contributed by atoms with E-state index >= 15 is 0 Å². The highest BCUT2D eigenvalue weighted by molar-refractivity contribution is 5.78. The van der Waals surface area contributed by atoms with Gasteiger partial charge in [0.15, 0.2) is 0 Å². The van der Waals surface area contributed by atoms with Crippen LogP contribution in [0.4, 0.5) is 23.0 Å². The summed E-state index contributed by atoms with van der Waals surface area (Å²) in [5.41, 5.74) is 10.1. The maximum absolute atomic E-state index is 6.21. The summed E-state index contributed by atoms with van der Waals surface area (Å²) in [4.78, 5) is 9.65. The van der Waals surface area contributed by atoms with Crippen LogP contribution in [0.5, 0.6) is 5.75 Å². The van der Waals surface area contributed by atoms with Crippen molar-refractivity contribution in [3.05, 3.63) is 42.0 Å². The van der Waals surface area contributed by atoms with Crippen molar-refractivity contribution < 1.29 is 9.47 Å². The minimum absolute atomic E-state index is 0.636. The molecule has 7 nitrogen and oxygen atoms in total. The fourth-order valence-electron chi connectivity index (χ4n) is 4.08. The molecule has 0 spiro atoms. The van der Waals surface area contributed by atoms with E-state index in [1.807, 2.05) is 25.1 Å². The molecule has 0 saturated carbocycles. The number of ether oxygens (including phenoxy) is 2. The number of pyridine rings is 1. The van der Waals surface area contributed by atoms with Crippen molar-refractivity contribution in [2.75, 3.05) is 68.5 Å². The molecule has 34 heavy (non-hydrogen) atoms. The molecule has 0 radical (unpaired) electrons. The lowest BCUT2D eigenvalue weighted by atomic mass is 10.0. The first-order chi connectivity index (χ1) is 16.5. The van der Waals surface area contributed by atoms with Gasteiger partial charge in [-0.1, -0.05) is 19.9 Å². The highest BCUT2D eigenvalue weighted by Crippen LogP contribution is 2.29. The van der Waals surface area contributed by atoms with E-state index in [1.54, 1.807) is 0 Å². The number of hydrogen-bond acceptors (Lipinski definition) is 7. The Morgan fingerprint density at radius 2 is 1.91 bits per heavy atom. The van der Waals surface area contributed by atoms with Gasteiger partial charge in [0.1, 0.15) is 24.0 Å². The molecule has 1 fully saturated rings. The van der Waals surface area contributed by atoms with Crippen LogP contribution in [-0.2, 0) is 4.74 Å². The van der Waals surface area contributed by atoms with E-state index in [1.165, 1.54) is 0 Å². The third kappa shape index (κ3) is 7.37. The van der Waals surface area contributed by atoms with Gasteiger partial charge in [0.25, 0.3) is 0 Å². The SMILES string of the molecule is C/C=C(\C)c1cc(Nc2cc(OCCN3CCOCC3)cc(N(CCC)CCC)n2)ccc1N. The number of anilines is 4. The summed E-state index contributed by atoms with van der Waals surface area (Å²) in [5, 5.41) is 3.48. The third-order valence-corrected chi connectivity index (χ3v) is 6.06. The van der Waals surface area contributed by atoms with Crippen molar-refractivity contribution in [2.24, 2.45) is 0 Å². The highest BCUT2D eigenvalue weighted by Gasteiger charge is 2.13. The first-order valence-electron chi connectivity index (χ1n) is 12.5. The fourth-order valence-corrected chi connectivity index (χ4v) is 4.08. The summed E-state index contributed by atoms with van der Waals surface area (Å²) in [6.07, 6.45) is 4.20. The number of rotatable bonds is 12. The van der Waals surface area contributed by atoms with Crippen LogP contribution < -0.4 is 20.7 Å². The number of benzene rings is 1. The van der Waals surface area contributed by atoms with Crippen LogP contribution in [0.3, 0.4) is 0 Å². The van der Waals surface area contributed by atoms with Crippen LogP contribution in [0.1, 0.15) is 46.1 Å². The van der Waals surface area contributed by atoms with E-state index < -0.39 is 0 Å². The largest absolute Gasteiger partial charge is 0.492 e. The molecule has 2 heterocycles. The Balaban J connectivity index is 1.82. The van der Waals surface area contributed by atoms with E-state index in [2.05, 4.69) is 54.1 Å². The second kappa shape index (κ2) is 13.2. The molecule has 1 aliphatic heterocycles. The van der Waals surface area contributed by atoms with Crippen molar-refractivity contribution in [1.82, 2.24) is 9.88 Å². The van der Waals surface area contributed by atoms with Crippen LogP contribution in [0, 0.1) is 0 Å². The lowest BCUT2D eigenvalue weighted by molar-refractivity contribution is 0.0322. The molecular formula is C27H41N5O2. The van der Waals surface area contributed by atoms with Crippen LogP contribution in [0.15, 0.2) is 36.4 Å². The molecule has 0 unspecified atom stereocenters. The van der Waals surface area contributed by atoms with E-state index in [4.69, 9.17) is 20.2 Å². The van der Waals surface area contributed by atoms with Crippen molar-refractivity contribution in [1.29, 1.82) is 0 Å². The molecule has 7 heteroatoms. The quantitative estimate of drug-likeness (QED) is 0.417. The lowest BCUT2D eigenvalue weighted by Crippen LogP contribution is -2.38. The molecule has 1 saturated heterocycles. The molecule has 0 aliphatic carbocycles. The van der Waals surface area contributed by atoms with Gasteiger partial charge in [-0.15, -0.1) is 0 Å². The number of nitrogens with one attached hydrogen (secondary N) is 1. The molecular weight excluding hydrogens is 426 g/mol. The zero-order valence-electron chi connectivity index (χ0n) is 21.3. The number of allylic oxidation sites excluding steroid dienone is 2. The van der Waals surface area contributed by atoms with Crippen molar-refractivity contribution >= 4 is 28.6 Å². The maximum atomic E-state index is 6.21. The number of nitrogens with zero attached hydrogens (tertiary/aromatic N) is 3. The summed E-state index contributed by atoms with van der Waals surface area (Å²) in [5.74, 6) is 2.54. The van der Waals surface area contributed by atoms with Crippen LogP contribution in [0.25, 0.3) is 5.57 Å². The molecule has 0 amide bonds. The molecule has 186 valence electrons. The monoisotopic (exact) mass is 467 g/mol. The molecule has 3 N–H and O–H groups in total. The first-order valence-corrected chi connectivity index (χ1v) is 12.5. The average Bonchev–Trinajstić information content (AvgIpc) is 2.85. The second-order valence-corrected chi connectivity index (χ2v) is 8.73. The Kier molecular flexibility index (Phi) is 10.0. The van der Waals surface area contributed by atoms with Gasteiger partial charge in [-0.3, -0.25) is 4.90 Å². The topological polar surface area (TPSA) is 75.9 Å². The summed E-state index contributed by atoms with van der Waals surface area (Å²) in [6.45, 7) is 15.5. The molecule has 2 aromatic rings. The first kappa shape index (κ1) is 25.8.